The van der Waals surface area contributed by atoms with Crippen LogP contribution in [0.25, 0.3) is 0 Å². The number of aryl methyl sites for hydroxylation is 1. The summed E-state index contributed by atoms with van der Waals surface area (Å²) in [5.74, 6) is 0.894. The molecule has 1 aliphatic heterocycles. The second kappa shape index (κ2) is 8.85. The van der Waals surface area contributed by atoms with Crippen molar-refractivity contribution in [2.75, 3.05) is 45.9 Å². The highest BCUT2D eigenvalue weighted by Crippen LogP contribution is 2.16. The molecule has 0 spiro atoms. The molecule has 4 N–H and O–H groups in total. The SMILES string of the molecule is Cc1nc2c([nH]1)CN(C(=O)NCCCN(CCO)CCO)CC2. The van der Waals surface area contributed by atoms with Crippen molar-refractivity contribution in [2.45, 2.75) is 26.3 Å². The van der Waals surface area contributed by atoms with E-state index in [0.717, 1.165) is 36.6 Å². The maximum atomic E-state index is 12.2. The Morgan fingerprint density at radius 1 is 1.35 bits per heavy atom. The second-order valence-corrected chi connectivity index (χ2v) is 5.79. The fourth-order valence-electron chi connectivity index (χ4n) is 2.84. The molecule has 23 heavy (non-hydrogen) atoms. The lowest BCUT2D eigenvalue weighted by Crippen LogP contribution is -2.43. The molecule has 130 valence electrons. The van der Waals surface area contributed by atoms with Gasteiger partial charge in [0.15, 0.2) is 0 Å². The smallest absolute Gasteiger partial charge is 0.317 e. The summed E-state index contributed by atoms with van der Waals surface area (Å²) in [6.07, 6.45) is 1.57. The second-order valence-electron chi connectivity index (χ2n) is 5.79. The zero-order valence-electron chi connectivity index (χ0n) is 13.7. The number of carbonyl (C=O) groups excluding carboxylic acids is 1. The zero-order valence-corrected chi connectivity index (χ0v) is 13.7. The quantitative estimate of drug-likeness (QED) is 0.481. The van der Waals surface area contributed by atoms with E-state index in [-0.39, 0.29) is 19.2 Å². The Bertz CT molecular complexity index is 499. The lowest BCUT2D eigenvalue weighted by atomic mass is 10.1. The van der Waals surface area contributed by atoms with Gasteiger partial charge in [0.25, 0.3) is 0 Å². The molecule has 0 saturated carbocycles. The summed E-state index contributed by atoms with van der Waals surface area (Å²) >= 11 is 0. The van der Waals surface area contributed by atoms with Gasteiger partial charge in [-0.3, -0.25) is 4.90 Å². The van der Waals surface area contributed by atoms with Gasteiger partial charge in [0.05, 0.1) is 31.1 Å². The number of amides is 2. The molecule has 8 nitrogen and oxygen atoms in total. The lowest BCUT2D eigenvalue weighted by Gasteiger charge is -2.26. The molecule has 0 aromatic carbocycles. The average Bonchev–Trinajstić information content (AvgIpc) is 2.90. The first kappa shape index (κ1) is 17.7. The standard InChI is InChI=1S/C15H27N5O3/c1-12-17-13-3-6-20(11-14(13)18-12)15(23)16-4-2-5-19(7-9-21)8-10-22/h21-22H,2-11H2,1H3,(H,16,23)(H,17,18). The van der Waals surface area contributed by atoms with E-state index in [4.69, 9.17) is 10.2 Å². The van der Waals surface area contributed by atoms with Gasteiger partial charge >= 0.3 is 6.03 Å². The van der Waals surface area contributed by atoms with Gasteiger partial charge in [-0.25, -0.2) is 9.78 Å². The van der Waals surface area contributed by atoms with Crippen LogP contribution in [0.3, 0.4) is 0 Å². The highest BCUT2D eigenvalue weighted by Gasteiger charge is 2.22. The van der Waals surface area contributed by atoms with Crippen LogP contribution in [0.5, 0.6) is 0 Å². The van der Waals surface area contributed by atoms with E-state index >= 15 is 0 Å². The molecule has 0 radical (unpaired) electrons. The number of carbonyl (C=O) groups is 1. The number of aliphatic hydroxyl groups is 2. The summed E-state index contributed by atoms with van der Waals surface area (Å²) in [6.45, 7) is 5.74. The van der Waals surface area contributed by atoms with Gasteiger partial charge in [0.1, 0.15) is 5.82 Å². The van der Waals surface area contributed by atoms with Crippen molar-refractivity contribution in [3.63, 3.8) is 0 Å². The zero-order chi connectivity index (χ0) is 16.7. The Labute approximate surface area is 136 Å². The summed E-state index contributed by atoms with van der Waals surface area (Å²) in [4.78, 5) is 23.6. The largest absolute Gasteiger partial charge is 0.395 e. The molecule has 8 heteroatoms. The van der Waals surface area contributed by atoms with E-state index in [1.54, 1.807) is 4.90 Å². The molecular weight excluding hydrogens is 298 g/mol. The molecule has 2 rings (SSSR count). The number of fused-ring (bicyclic) bond motifs is 1. The van der Waals surface area contributed by atoms with E-state index < -0.39 is 0 Å². The number of aromatic amines is 1. The Hall–Kier alpha value is -1.64. The fourth-order valence-corrected chi connectivity index (χ4v) is 2.84. The van der Waals surface area contributed by atoms with Crippen molar-refractivity contribution in [2.24, 2.45) is 0 Å². The van der Waals surface area contributed by atoms with Crippen molar-refractivity contribution in [3.05, 3.63) is 17.2 Å². The van der Waals surface area contributed by atoms with Crippen LogP contribution in [0.4, 0.5) is 4.79 Å². The number of aromatic nitrogens is 2. The van der Waals surface area contributed by atoms with E-state index in [2.05, 4.69) is 15.3 Å². The number of hydrogen-bond acceptors (Lipinski definition) is 5. The molecule has 0 bridgehead atoms. The minimum atomic E-state index is -0.0567. The first-order valence-corrected chi connectivity index (χ1v) is 8.15. The molecule has 0 atom stereocenters. The van der Waals surface area contributed by atoms with Crippen LogP contribution in [0.2, 0.25) is 0 Å². The third kappa shape index (κ3) is 5.19. The van der Waals surface area contributed by atoms with Gasteiger partial charge in [-0.1, -0.05) is 0 Å². The van der Waals surface area contributed by atoms with Gasteiger partial charge in [0.2, 0.25) is 0 Å². The van der Waals surface area contributed by atoms with Crippen LogP contribution >= 0.6 is 0 Å². The lowest BCUT2D eigenvalue weighted by molar-refractivity contribution is 0.158. The van der Waals surface area contributed by atoms with Crippen LogP contribution in [0.1, 0.15) is 23.6 Å². The van der Waals surface area contributed by atoms with E-state index in [1.807, 2.05) is 11.8 Å². The molecule has 0 aliphatic carbocycles. The normalized spacial score (nSPS) is 14.2. The fraction of sp³-hybridized carbons (Fsp3) is 0.733. The maximum absolute atomic E-state index is 12.2. The van der Waals surface area contributed by atoms with Gasteiger partial charge in [0, 0.05) is 32.6 Å². The highest BCUT2D eigenvalue weighted by molar-refractivity contribution is 5.74. The Morgan fingerprint density at radius 3 is 2.78 bits per heavy atom. The monoisotopic (exact) mass is 325 g/mol. The van der Waals surface area contributed by atoms with Crippen molar-refractivity contribution in [3.8, 4) is 0 Å². The Morgan fingerprint density at radius 2 is 2.09 bits per heavy atom. The minimum Gasteiger partial charge on any atom is -0.395 e. The maximum Gasteiger partial charge on any atom is 0.317 e. The minimum absolute atomic E-state index is 0.0567. The molecule has 0 unspecified atom stereocenters. The summed E-state index contributed by atoms with van der Waals surface area (Å²) in [5.41, 5.74) is 2.09. The van der Waals surface area contributed by atoms with Gasteiger partial charge in [-0.2, -0.15) is 0 Å². The number of hydrogen-bond donors (Lipinski definition) is 4. The molecule has 2 heterocycles. The van der Waals surface area contributed by atoms with Gasteiger partial charge in [-0.05, 0) is 19.9 Å². The van der Waals surface area contributed by atoms with Crippen molar-refractivity contribution in [1.29, 1.82) is 0 Å². The van der Waals surface area contributed by atoms with E-state index in [1.165, 1.54) is 0 Å². The predicted octanol–water partition coefficient (Wildman–Crippen LogP) is -0.537. The predicted molar refractivity (Wildman–Crippen MR) is 86.1 cm³/mol. The molecular formula is C15H27N5O3. The van der Waals surface area contributed by atoms with E-state index in [9.17, 15) is 4.79 Å². The first-order valence-electron chi connectivity index (χ1n) is 8.15. The third-order valence-electron chi connectivity index (χ3n) is 4.00. The Kier molecular flexibility index (Phi) is 6.82. The average molecular weight is 325 g/mol. The molecule has 1 aromatic heterocycles. The van der Waals surface area contributed by atoms with Crippen LogP contribution in [-0.4, -0.2) is 81.9 Å². The topological polar surface area (TPSA) is 105 Å². The molecule has 0 saturated heterocycles. The molecule has 2 amide bonds. The van der Waals surface area contributed by atoms with Crippen molar-refractivity contribution in [1.82, 2.24) is 25.1 Å². The third-order valence-corrected chi connectivity index (χ3v) is 4.00. The number of imidazole rings is 1. The molecule has 1 aliphatic rings. The summed E-state index contributed by atoms with van der Waals surface area (Å²) < 4.78 is 0. The highest BCUT2D eigenvalue weighted by atomic mass is 16.3. The van der Waals surface area contributed by atoms with Crippen LogP contribution < -0.4 is 5.32 Å². The number of urea groups is 1. The molecule has 0 fully saturated rings. The van der Waals surface area contributed by atoms with Gasteiger partial charge < -0.3 is 25.4 Å². The number of nitrogens with one attached hydrogen (secondary N) is 2. The van der Waals surface area contributed by atoms with Crippen molar-refractivity contribution < 1.29 is 15.0 Å². The summed E-state index contributed by atoms with van der Waals surface area (Å²) in [7, 11) is 0. The van der Waals surface area contributed by atoms with Crippen LogP contribution in [0.15, 0.2) is 0 Å². The van der Waals surface area contributed by atoms with Crippen LogP contribution in [0, 0.1) is 6.92 Å². The number of rotatable bonds is 8. The number of nitrogens with zero attached hydrogens (tertiary/aromatic N) is 3. The summed E-state index contributed by atoms with van der Waals surface area (Å²) in [5, 5.41) is 20.8. The van der Waals surface area contributed by atoms with E-state index in [0.29, 0.717) is 32.7 Å². The Balaban J connectivity index is 1.69. The number of H-pyrrole nitrogens is 1. The first-order chi connectivity index (χ1) is 11.1. The number of aliphatic hydroxyl groups excluding tert-OH is 2. The summed E-state index contributed by atoms with van der Waals surface area (Å²) in [6, 6.07) is -0.0567. The van der Waals surface area contributed by atoms with Gasteiger partial charge in [-0.15, -0.1) is 0 Å². The van der Waals surface area contributed by atoms with Crippen LogP contribution in [-0.2, 0) is 13.0 Å². The molecule has 1 aromatic rings. The van der Waals surface area contributed by atoms with Crippen molar-refractivity contribution >= 4 is 6.03 Å².